The fourth-order valence-corrected chi connectivity index (χ4v) is 2.56. The van der Waals surface area contributed by atoms with E-state index in [0.29, 0.717) is 12.8 Å². The van der Waals surface area contributed by atoms with Gasteiger partial charge in [0.15, 0.2) is 0 Å². The number of aliphatic carboxylic acids is 1. The quantitative estimate of drug-likeness (QED) is 0.369. The predicted molar refractivity (Wildman–Crippen MR) is 105 cm³/mol. The molecule has 6 heteroatoms. The standard InChI is InChI=1S/C18H35NO3.2Na.2H/c1-4-5-6-7-8-9-10-11-12-13-17(20)19-16(18(21)22)14-15(2)3;;;;/h15-16H,4-14H2,1-3H3,(H,19,20)(H,21,22);;;;. The summed E-state index contributed by atoms with van der Waals surface area (Å²) in [6.07, 6.45) is 11.8. The third-order valence-electron chi connectivity index (χ3n) is 3.85. The third kappa shape index (κ3) is 19.3. The summed E-state index contributed by atoms with van der Waals surface area (Å²) in [5.41, 5.74) is 0. The van der Waals surface area contributed by atoms with Crippen LogP contribution < -0.4 is 5.32 Å². The summed E-state index contributed by atoms with van der Waals surface area (Å²) in [4.78, 5) is 22.9. The van der Waals surface area contributed by atoms with Crippen LogP contribution in [-0.2, 0) is 9.59 Å². The molecule has 0 spiro atoms. The van der Waals surface area contributed by atoms with E-state index in [1.165, 1.54) is 44.9 Å². The Bertz CT molecular complexity index is 313. The van der Waals surface area contributed by atoms with Gasteiger partial charge < -0.3 is 10.4 Å². The predicted octanol–water partition coefficient (Wildman–Crippen LogP) is 3.23. The van der Waals surface area contributed by atoms with Crippen molar-refractivity contribution in [3.8, 4) is 0 Å². The number of carbonyl (C=O) groups excluding carboxylic acids is 1. The molecule has 0 aromatic heterocycles. The van der Waals surface area contributed by atoms with E-state index in [2.05, 4.69) is 12.2 Å². The Morgan fingerprint density at radius 2 is 1.33 bits per heavy atom. The van der Waals surface area contributed by atoms with Crippen LogP contribution >= 0.6 is 0 Å². The number of carboxylic acids is 1. The van der Waals surface area contributed by atoms with E-state index in [1.807, 2.05) is 13.8 Å². The molecule has 4 nitrogen and oxygen atoms in total. The molecular weight excluding hydrogens is 324 g/mol. The van der Waals surface area contributed by atoms with E-state index in [0.717, 1.165) is 12.8 Å². The molecule has 0 fully saturated rings. The van der Waals surface area contributed by atoms with Gasteiger partial charge in [0.05, 0.1) is 0 Å². The van der Waals surface area contributed by atoms with Crippen LogP contribution in [0.15, 0.2) is 0 Å². The van der Waals surface area contributed by atoms with Crippen molar-refractivity contribution in [1.29, 1.82) is 0 Å². The first-order valence-electron chi connectivity index (χ1n) is 8.99. The van der Waals surface area contributed by atoms with Gasteiger partial charge in [-0.15, -0.1) is 0 Å². The number of hydrogen-bond acceptors (Lipinski definition) is 2. The van der Waals surface area contributed by atoms with Gasteiger partial charge in [-0.3, -0.25) is 4.79 Å². The van der Waals surface area contributed by atoms with Crippen molar-refractivity contribution < 1.29 is 14.7 Å². The second kappa shape index (κ2) is 20.3. The summed E-state index contributed by atoms with van der Waals surface area (Å²) < 4.78 is 0. The van der Waals surface area contributed by atoms with Crippen LogP contribution in [0.5, 0.6) is 0 Å². The number of unbranched alkanes of at least 4 members (excludes halogenated alkanes) is 8. The van der Waals surface area contributed by atoms with Crippen LogP contribution in [0, 0.1) is 5.92 Å². The molecule has 0 aliphatic carbocycles. The molecule has 24 heavy (non-hydrogen) atoms. The monoisotopic (exact) mass is 361 g/mol. The topological polar surface area (TPSA) is 66.4 Å². The van der Waals surface area contributed by atoms with Crippen molar-refractivity contribution in [2.24, 2.45) is 5.92 Å². The van der Waals surface area contributed by atoms with Crippen molar-refractivity contribution in [1.82, 2.24) is 5.32 Å². The molecule has 0 aromatic rings. The van der Waals surface area contributed by atoms with Gasteiger partial charge in [-0.25, -0.2) is 4.79 Å². The molecule has 0 saturated carbocycles. The number of amides is 1. The molecule has 0 aliphatic heterocycles. The Kier molecular flexibility index (Phi) is 25.1. The number of nitrogens with one attached hydrogen (secondary N) is 1. The molecule has 0 heterocycles. The van der Waals surface area contributed by atoms with Gasteiger partial charge in [-0.1, -0.05) is 72.1 Å². The van der Waals surface area contributed by atoms with Crippen LogP contribution in [0.3, 0.4) is 0 Å². The number of rotatable bonds is 14. The Labute approximate surface area is 192 Å². The summed E-state index contributed by atoms with van der Waals surface area (Å²) >= 11 is 0. The Morgan fingerprint density at radius 3 is 1.75 bits per heavy atom. The average molecular weight is 361 g/mol. The molecular formula is C18H37NNa2O3. The summed E-state index contributed by atoms with van der Waals surface area (Å²) in [7, 11) is 0. The average Bonchev–Trinajstić information content (AvgIpc) is 2.44. The zero-order valence-electron chi connectivity index (χ0n) is 14.7. The van der Waals surface area contributed by atoms with Gasteiger partial charge in [-0.05, 0) is 18.8 Å². The number of carboxylic acid groups (broad SMARTS) is 1. The van der Waals surface area contributed by atoms with E-state index < -0.39 is 12.0 Å². The molecule has 1 atom stereocenters. The van der Waals surface area contributed by atoms with E-state index >= 15 is 0 Å². The summed E-state index contributed by atoms with van der Waals surface area (Å²) in [5.74, 6) is -0.806. The van der Waals surface area contributed by atoms with Crippen LogP contribution in [-0.4, -0.2) is 82.1 Å². The molecule has 0 rings (SSSR count). The van der Waals surface area contributed by atoms with Crippen molar-refractivity contribution in [3.63, 3.8) is 0 Å². The minimum absolute atomic E-state index is 0. The van der Waals surface area contributed by atoms with Crippen LogP contribution in [0.1, 0.15) is 91.4 Å². The van der Waals surface area contributed by atoms with Crippen LogP contribution in [0.4, 0.5) is 0 Å². The zero-order chi connectivity index (χ0) is 16.8. The Balaban J connectivity index is -0.00000220. The SMILES string of the molecule is CCCCCCCCCCCC(=O)NC(CC(C)C)C(=O)O.[NaH].[NaH]. The van der Waals surface area contributed by atoms with Gasteiger partial charge in [0.25, 0.3) is 0 Å². The fraction of sp³-hybridized carbons (Fsp3) is 0.889. The van der Waals surface area contributed by atoms with Crippen molar-refractivity contribution in [3.05, 3.63) is 0 Å². The van der Waals surface area contributed by atoms with E-state index in [1.54, 1.807) is 0 Å². The number of carbonyl (C=O) groups is 2. The van der Waals surface area contributed by atoms with Crippen LogP contribution in [0.25, 0.3) is 0 Å². The molecule has 0 aliphatic rings. The van der Waals surface area contributed by atoms with Gasteiger partial charge in [0, 0.05) is 6.42 Å². The first-order chi connectivity index (χ1) is 10.5. The van der Waals surface area contributed by atoms with Crippen molar-refractivity contribution in [2.45, 2.75) is 97.4 Å². The molecule has 0 bridgehead atoms. The molecule has 134 valence electrons. The summed E-state index contributed by atoms with van der Waals surface area (Å²) in [6, 6.07) is -0.744. The molecule has 0 saturated heterocycles. The van der Waals surface area contributed by atoms with E-state index in [9.17, 15) is 9.59 Å². The molecule has 1 unspecified atom stereocenters. The maximum atomic E-state index is 11.8. The van der Waals surface area contributed by atoms with Gasteiger partial charge in [-0.2, -0.15) is 0 Å². The second-order valence-electron chi connectivity index (χ2n) is 6.67. The summed E-state index contributed by atoms with van der Waals surface area (Å²) in [5, 5.41) is 11.7. The van der Waals surface area contributed by atoms with Crippen molar-refractivity contribution in [2.75, 3.05) is 0 Å². The van der Waals surface area contributed by atoms with Crippen LogP contribution in [0.2, 0.25) is 0 Å². The summed E-state index contributed by atoms with van der Waals surface area (Å²) in [6.45, 7) is 6.15. The van der Waals surface area contributed by atoms with Gasteiger partial charge in [0.1, 0.15) is 6.04 Å². The molecule has 1 amide bonds. The van der Waals surface area contributed by atoms with E-state index in [4.69, 9.17) is 5.11 Å². The minimum atomic E-state index is -0.936. The Hall–Kier alpha value is 0.940. The van der Waals surface area contributed by atoms with Gasteiger partial charge >= 0.3 is 65.1 Å². The number of hydrogen-bond donors (Lipinski definition) is 2. The molecule has 0 radical (unpaired) electrons. The van der Waals surface area contributed by atoms with Crippen molar-refractivity contribution >= 4 is 71.0 Å². The normalized spacial score (nSPS) is 11.3. The third-order valence-corrected chi connectivity index (χ3v) is 3.85. The first kappa shape index (κ1) is 29.7. The second-order valence-corrected chi connectivity index (χ2v) is 6.67. The zero-order valence-corrected chi connectivity index (χ0v) is 14.7. The molecule has 2 N–H and O–H groups in total. The van der Waals surface area contributed by atoms with E-state index in [-0.39, 0.29) is 70.9 Å². The van der Waals surface area contributed by atoms with Gasteiger partial charge in [0.2, 0.25) is 5.91 Å². The first-order valence-corrected chi connectivity index (χ1v) is 8.99. The molecule has 0 aromatic carbocycles. The maximum absolute atomic E-state index is 11.8. The fourth-order valence-electron chi connectivity index (χ4n) is 2.56. The Morgan fingerprint density at radius 1 is 0.875 bits per heavy atom.